The number of rotatable bonds is 2. The first-order valence-corrected chi connectivity index (χ1v) is 3.23. The molecule has 1 heteroatoms. The molecule has 51 valence electrons. The molecule has 1 nitrogen and oxygen atoms in total. The van der Waals surface area contributed by atoms with Crippen molar-refractivity contribution in [1.82, 2.24) is 0 Å². The predicted molar refractivity (Wildman–Crippen MR) is 37.6 cm³/mol. The maximum absolute atomic E-state index is 7.88. The summed E-state index contributed by atoms with van der Waals surface area (Å²) in [6.45, 7) is 7.97. The minimum absolute atomic E-state index is 0.319. The molecule has 0 aliphatic rings. The Morgan fingerprint density at radius 3 is 1.50 bits per heavy atom. The van der Waals surface area contributed by atoms with Gasteiger partial charge in [0.1, 0.15) is 0 Å². The van der Waals surface area contributed by atoms with Crippen LogP contribution in [0.3, 0.4) is 0 Å². The first-order chi connectivity index (χ1) is 3.83. The maximum Gasteiger partial charge on any atom is 0.0428 e. The summed E-state index contributed by atoms with van der Waals surface area (Å²) >= 11 is 0. The first-order valence-electron chi connectivity index (χ1n) is 3.23. The second kappa shape index (κ2) is 15.8. The highest BCUT2D eigenvalue weighted by Crippen LogP contribution is 1.76. The number of aliphatic hydroxyl groups is 1. The van der Waals surface area contributed by atoms with Crippen molar-refractivity contribution in [2.45, 2.75) is 33.1 Å². The van der Waals surface area contributed by atoms with Gasteiger partial charge in [-0.25, -0.2) is 0 Å². The van der Waals surface area contributed by atoms with E-state index in [1.807, 2.05) is 6.92 Å². The summed E-state index contributed by atoms with van der Waals surface area (Å²) < 4.78 is 0. The lowest BCUT2D eigenvalue weighted by molar-refractivity contribution is 0.295. The van der Waals surface area contributed by atoms with E-state index in [9.17, 15) is 0 Å². The fourth-order valence-corrected chi connectivity index (χ4v) is 0. The minimum atomic E-state index is 0.319. The second-order valence-electron chi connectivity index (χ2n) is 1.58. The molecule has 0 atom stereocenters. The Morgan fingerprint density at radius 2 is 1.50 bits per heavy atom. The van der Waals surface area contributed by atoms with Gasteiger partial charge in [-0.1, -0.05) is 33.6 Å². The molecule has 8 heavy (non-hydrogen) atoms. The highest BCUT2D eigenvalue weighted by atomic mass is 16.2. The van der Waals surface area contributed by atoms with Gasteiger partial charge in [-0.15, -0.1) is 0 Å². The Hall–Kier alpha value is -0.0400. The summed E-state index contributed by atoms with van der Waals surface area (Å²) in [5.74, 6) is 0. The summed E-state index contributed by atoms with van der Waals surface area (Å²) in [4.78, 5) is 0. The highest BCUT2D eigenvalue weighted by Gasteiger charge is 1.57. The van der Waals surface area contributed by atoms with Crippen LogP contribution in [-0.2, 0) is 0 Å². The van der Waals surface area contributed by atoms with Gasteiger partial charge in [-0.2, -0.15) is 0 Å². The Balaban J connectivity index is 0. The van der Waals surface area contributed by atoms with Crippen LogP contribution in [0.5, 0.6) is 0 Å². The standard InChI is InChI=1S/C4H9.C3H8O/c1-3-4-2;1-2-3-4/h1,3-4H2,2H3;4H,2-3H2,1H3. The quantitative estimate of drug-likeness (QED) is 0.586. The number of unbranched alkanes of at least 4 members (excludes halogenated alkanes) is 1. The number of hydrogen-bond acceptors (Lipinski definition) is 1. The maximum atomic E-state index is 7.88. The summed E-state index contributed by atoms with van der Waals surface area (Å²) in [6.07, 6.45) is 3.15. The van der Waals surface area contributed by atoms with Crippen molar-refractivity contribution in [3.63, 3.8) is 0 Å². The lowest BCUT2D eigenvalue weighted by Gasteiger charge is -1.69. The van der Waals surface area contributed by atoms with Crippen molar-refractivity contribution in [3.05, 3.63) is 6.92 Å². The van der Waals surface area contributed by atoms with Gasteiger partial charge in [-0.05, 0) is 6.42 Å². The van der Waals surface area contributed by atoms with E-state index in [1.54, 1.807) is 0 Å². The van der Waals surface area contributed by atoms with Crippen LogP contribution >= 0.6 is 0 Å². The van der Waals surface area contributed by atoms with Crippen molar-refractivity contribution >= 4 is 0 Å². The molecule has 0 bridgehead atoms. The van der Waals surface area contributed by atoms with Crippen LogP contribution in [-0.4, -0.2) is 11.7 Å². The van der Waals surface area contributed by atoms with Gasteiger partial charge in [0.05, 0.1) is 0 Å². The molecule has 0 amide bonds. The van der Waals surface area contributed by atoms with Crippen LogP contribution in [0, 0.1) is 6.92 Å². The Bertz CT molecular complexity index is 12.3. The Labute approximate surface area is 52.7 Å². The first kappa shape index (κ1) is 10.9. The zero-order valence-electron chi connectivity index (χ0n) is 5.98. The summed E-state index contributed by atoms with van der Waals surface area (Å²) in [6, 6.07) is 0. The monoisotopic (exact) mass is 117 g/mol. The molecular weight excluding hydrogens is 100 g/mol. The highest BCUT2D eigenvalue weighted by molar-refractivity contribution is 4.29. The molecule has 0 spiro atoms. The predicted octanol–water partition coefficient (Wildman–Crippen LogP) is 2.01. The second-order valence-corrected chi connectivity index (χ2v) is 1.58. The van der Waals surface area contributed by atoms with Crippen LogP contribution in [0.15, 0.2) is 0 Å². The van der Waals surface area contributed by atoms with E-state index < -0.39 is 0 Å². The topological polar surface area (TPSA) is 20.2 Å². The van der Waals surface area contributed by atoms with E-state index in [-0.39, 0.29) is 0 Å². The van der Waals surface area contributed by atoms with E-state index in [0.717, 1.165) is 12.8 Å². The van der Waals surface area contributed by atoms with Crippen LogP contribution in [0.25, 0.3) is 0 Å². The van der Waals surface area contributed by atoms with Gasteiger partial charge < -0.3 is 5.11 Å². The zero-order valence-corrected chi connectivity index (χ0v) is 5.98. The lowest BCUT2D eigenvalue weighted by Crippen LogP contribution is -1.69. The van der Waals surface area contributed by atoms with Gasteiger partial charge in [0.25, 0.3) is 0 Å². The van der Waals surface area contributed by atoms with Crippen LogP contribution in [0.1, 0.15) is 33.1 Å². The molecule has 0 aliphatic carbocycles. The van der Waals surface area contributed by atoms with Gasteiger partial charge >= 0.3 is 0 Å². The fourth-order valence-electron chi connectivity index (χ4n) is 0. The average molecular weight is 117 g/mol. The SMILES string of the molecule is CCCO.[CH2]CCC. The van der Waals surface area contributed by atoms with Gasteiger partial charge in [0.15, 0.2) is 0 Å². The molecule has 1 radical (unpaired) electrons. The van der Waals surface area contributed by atoms with Crippen LogP contribution in [0.2, 0.25) is 0 Å². The number of aliphatic hydroxyl groups excluding tert-OH is 1. The molecule has 0 aromatic carbocycles. The van der Waals surface area contributed by atoms with Crippen molar-refractivity contribution in [1.29, 1.82) is 0 Å². The molecule has 0 unspecified atom stereocenters. The molecule has 0 saturated carbocycles. The largest absolute Gasteiger partial charge is 0.396 e. The van der Waals surface area contributed by atoms with Crippen molar-refractivity contribution in [3.8, 4) is 0 Å². The van der Waals surface area contributed by atoms with E-state index >= 15 is 0 Å². The zero-order chi connectivity index (χ0) is 6.83. The third-order valence-electron chi connectivity index (χ3n) is 0.577. The number of hydrogen-bond donors (Lipinski definition) is 1. The molecule has 1 N–H and O–H groups in total. The molecule has 0 saturated heterocycles. The van der Waals surface area contributed by atoms with E-state index in [0.29, 0.717) is 6.61 Å². The van der Waals surface area contributed by atoms with E-state index in [1.165, 1.54) is 6.42 Å². The molecule has 0 aromatic heterocycles. The van der Waals surface area contributed by atoms with Gasteiger partial charge in [0.2, 0.25) is 0 Å². The lowest BCUT2D eigenvalue weighted by atomic mass is 10.4. The summed E-state index contributed by atoms with van der Waals surface area (Å²) in [7, 11) is 0. The van der Waals surface area contributed by atoms with Crippen LogP contribution < -0.4 is 0 Å². The fraction of sp³-hybridized carbons (Fsp3) is 0.857. The smallest absolute Gasteiger partial charge is 0.0428 e. The molecule has 0 aliphatic heterocycles. The third kappa shape index (κ3) is 38.2. The molecule has 0 rings (SSSR count). The summed E-state index contributed by atoms with van der Waals surface area (Å²) in [5, 5.41) is 7.88. The Morgan fingerprint density at radius 1 is 1.25 bits per heavy atom. The van der Waals surface area contributed by atoms with Crippen LogP contribution in [0.4, 0.5) is 0 Å². The molecule has 0 heterocycles. The summed E-state index contributed by atoms with van der Waals surface area (Å²) in [5.41, 5.74) is 0. The van der Waals surface area contributed by atoms with Gasteiger partial charge in [0, 0.05) is 6.61 Å². The third-order valence-corrected chi connectivity index (χ3v) is 0.577. The normalized spacial score (nSPS) is 7.50. The van der Waals surface area contributed by atoms with E-state index in [4.69, 9.17) is 5.11 Å². The minimum Gasteiger partial charge on any atom is -0.396 e. The van der Waals surface area contributed by atoms with Crippen molar-refractivity contribution < 1.29 is 5.11 Å². The van der Waals surface area contributed by atoms with Gasteiger partial charge in [-0.3, -0.25) is 0 Å². The molecule has 0 aromatic rings. The molecular formula is C7H17O. The van der Waals surface area contributed by atoms with Crippen molar-refractivity contribution in [2.75, 3.05) is 6.61 Å². The average Bonchev–Trinajstić information content (AvgIpc) is 1.88. The molecule has 0 fully saturated rings. The van der Waals surface area contributed by atoms with Crippen molar-refractivity contribution in [2.24, 2.45) is 0 Å². The Kier molecular flexibility index (Phi) is 21.4. The van der Waals surface area contributed by atoms with E-state index in [2.05, 4.69) is 13.8 Å².